The van der Waals surface area contributed by atoms with E-state index in [1.165, 1.54) is 0 Å². The van der Waals surface area contributed by atoms with Crippen LogP contribution in [0.1, 0.15) is 0 Å². The molecule has 0 aliphatic carbocycles. The molecule has 0 spiro atoms. The lowest BCUT2D eigenvalue weighted by molar-refractivity contribution is 0.417. The minimum absolute atomic E-state index is 0.798. The van der Waals surface area contributed by atoms with Gasteiger partial charge in [-0.3, -0.25) is 4.21 Å². The average Bonchev–Trinajstić information content (AvgIpc) is 2.53. The number of rotatable bonds is 3. The van der Waals surface area contributed by atoms with Crippen LogP contribution in [0.3, 0.4) is 0 Å². The molecule has 0 saturated carbocycles. The monoisotopic (exact) mass is 296 g/mol. The zero-order valence-corrected chi connectivity index (χ0v) is 12.8. The lowest BCUT2D eigenvalue weighted by Gasteiger charge is -2.14. The van der Waals surface area contributed by atoms with Gasteiger partial charge >= 0.3 is 0 Å². The summed E-state index contributed by atoms with van der Waals surface area (Å²) in [6.45, 7) is 0. The van der Waals surface area contributed by atoms with Crippen molar-refractivity contribution in [1.82, 2.24) is 0 Å². The maximum Gasteiger partial charge on any atom is 0.127 e. The topological polar surface area (TPSA) is 26.3 Å². The first-order chi connectivity index (χ1) is 10.2. The van der Waals surface area contributed by atoms with Crippen molar-refractivity contribution in [1.29, 1.82) is 0 Å². The van der Waals surface area contributed by atoms with Crippen LogP contribution >= 0.6 is 0 Å². The Bertz CT molecular complexity index is 824. The first-order valence-corrected chi connectivity index (χ1v) is 8.26. The van der Waals surface area contributed by atoms with Crippen molar-refractivity contribution in [3.63, 3.8) is 0 Å². The molecule has 0 heterocycles. The van der Waals surface area contributed by atoms with Crippen molar-refractivity contribution in [2.75, 3.05) is 13.4 Å². The number of ether oxygens (including phenoxy) is 1. The number of hydrogen-bond acceptors (Lipinski definition) is 2. The predicted octanol–water partition coefficient (Wildman–Crippen LogP) is 4.25. The highest BCUT2D eigenvalue weighted by molar-refractivity contribution is 7.84. The predicted molar refractivity (Wildman–Crippen MR) is 88.3 cm³/mol. The van der Waals surface area contributed by atoms with Gasteiger partial charge in [0.2, 0.25) is 0 Å². The second-order valence-corrected chi connectivity index (χ2v) is 6.16. The normalized spacial score (nSPS) is 12.3. The molecule has 3 aromatic carbocycles. The summed E-state index contributed by atoms with van der Waals surface area (Å²) in [6.07, 6.45) is 1.70. The molecule has 0 radical (unpaired) electrons. The average molecular weight is 296 g/mol. The number of benzene rings is 3. The Balaban J connectivity index is 2.41. The first kappa shape index (κ1) is 13.8. The molecule has 2 nitrogen and oxygen atoms in total. The highest BCUT2D eigenvalue weighted by Crippen LogP contribution is 2.39. The molecule has 3 rings (SSSR count). The van der Waals surface area contributed by atoms with Crippen LogP contribution in [0.25, 0.3) is 21.9 Å². The van der Waals surface area contributed by atoms with Crippen molar-refractivity contribution in [2.24, 2.45) is 0 Å². The molecule has 0 aliphatic heterocycles. The van der Waals surface area contributed by atoms with E-state index < -0.39 is 10.8 Å². The Morgan fingerprint density at radius 3 is 2.38 bits per heavy atom. The van der Waals surface area contributed by atoms with Crippen molar-refractivity contribution < 1.29 is 8.95 Å². The summed E-state index contributed by atoms with van der Waals surface area (Å²) in [6, 6.07) is 20.0. The summed E-state index contributed by atoms with van der Waals surface area (Å²) in [7, 11) is 0.616. The van der Waals surface area contributed by atoms with Crippen LogP contribution in [-0.4, -0.2) is 17.6 Å². The second-order valence-electron chi connectivity index (χ2n) is 4.81. The fourth-order valence-electron chi connectivity index (χ4n) is 2.62. The molecule has 0 aromatic heterocycles. The molecule has 0 saturated heterocycles. The smallest absolute Gasteiger partial charge is 0.127 e. The number of fused-ring (bicyclic) bond motifs is 1. The maximum atomic E-state index is 12.0. The third-order valence-corrected chi connectivity index (χ3v) is 4.55. The van der Waals surface area contributed by atoms with Crippen molar-refractivity contribution in [3.05, 3.63) is 60.7 Å². The second kappa shape index (κ2) is 5.70. The summed E-state index contributed by atoms with van der Waals surface area (Å²) in [5.74, 6) is 0.798. The third kappa shape index (κ3) is 2.45. The molecule has 106 valence electrons. The van der Waals surface area contributed by atoms with Gasteiger partial charge in [0.25, 0.3) is 0 Å². The van der Waals surface area contributed by atoms with Crippen LogP contribution < -0.4 is 4.74 Å². The van der Waals surface area contributed by atoms with E-state index >= 15 is 0 Å². The Morgan fingerprint density at radius 2 is 1.62 bits per heavy atom. The Morgan fingerprint density at radius 1 is 0.905 bits per heavy atom. The van der Waals surface area contributed by atoms with Crippen LogP contribution in [0.15, 0.2) is 65.6 Å². The molecule has 3 aromatic rings. The van der Waals surface area contributed by atoms with Gasteiger partial charge in [0.1, 0.15) is 5.75 Å². The molecule has 3 heteroatoms. The van der Waals surface area contributed by atoms with E-state index in [4.69, 9.17) is 4.74 Å². The molecule has 0 bridgehead atoms. The fourth-order valence-corrected chi connectivity index (χ4v) is 3.37. The lowest BCUT2D eigenvalue weighted by atomic mass is 9.97. The summed E-state index contributed by atoms with van der Waals surface area (Å²) < 4.78 is 17.6. The van der Waals surface area contributed by atoms with Crippen LogP contribution in [0.4, 0.5) is 0 Å². The van der Waals surface area contributed by atoms with Gasteiger partial charge in [-0.15, -0.1) is 0 Å². The molecular weight excluding hydrogens is 280 g/mol. The molecule has 21 heavy (non-hydrogen) atoms. The molecule has 0 aliphatic rings. The van der Waals surface area contributed by atoms with Gasteiger partial charge in [-0.25, -0.2) is 0 Å². The Labute approximate surface area is 126 Å². The van der Waals surface area contributed by atoms with Crippen LogP contribution in [0.2, 0.25) is 0 Å². The first-order valence-electron chi connectivity index (χ1n) is 6.71. The highest BCUT2D eigenvalue weighted by Gasteiger charge is 2.15. The van der Waals surface area contributed by atoms with E-state index in [-0.39, 0.29) is 0 Å². The van der Waals surface area contributed by atoms with E-state index in [0.717, 1.165) is 32.5 Å². The summed E-state index contributed by atoms with van der Waals surface area (Å²) >= 11 is 0. The number of methoxy groups -OCH3 is 1. The highest BCUT2D eigenvalue weighted by atomic mass is 32.2. The molecular formula is C18H16O2S. The van der Waals surface area contributed by atoms with Crippen molar-refractivity contribution >= 4 is 21.6 Å². The van der Waals surface area contributed by atoms with Gasteiger partial charge in [0.05, 0.1) is 17.9 Å². The minimum atomic E-state index is -1.05. The summed E-state index contributed by atoms with van der Waals surface area (Å²) in [5.41, 5.74) is 1.97. The van der Waals surface area contributed by atoms with Crippen molar-refractivity contribution in [3.8, 4) is 16.9 Å². The van der Waals surface area contributed by atoms with Gasteiger partial charge in [-0.2, -0.15) is 0 Å². The molecule has 1 atom stereocenters. The summed E-state index contributed by atoms with van der Waals surface area (Å²) in [4.78, 5) is 0.826. The quantitative estimate of drug-likeness (QED) is 0.722. The van der Waals surface area contributed by atoms with Gasteiger partial charge in [-0.05, 0) is 22.9 Å². The Hall–Kier alpha value is -2.13. The third-order valence-electron chi connectivity index (χ3n) is 3.58. The lowest BCUT2D eigenvalue weighted by Crippen LogP contribution is -1.95. The zero-order valence-electron chi connectivity index (χ0n) is 12.0. The van der Waals surface area contributed by atoms with Crippen LogP contribution in [-0.2, 0) is 10.8 Å². The van der Waals surface area contributed by atoms with E-state index in [0.29, 0.717) is 0 Å². The Kier molecular flexibility index (Phi) is 3.76. The molecule has 0 N–H and O–H groups in total. The molecule has 1 unspecified atom stereocenters. The number of hydrogen-bond donors (Lipinski definition) is 0. The fraction of sp³-hybridized carbons (Fsp3) is 0.111. The van der Waals surface area contributed by atoms with E-state index in [1.807, 2.05) is 48.5 Å². The molecule has 0 fully saturated rings. The summed E-state index contributed by atoms with van der Waals surface area (Å²) in [5, 5.41) is 2.25. The SMILES string of the molecule is COc1ccc2ccccc2c1-c1ccccc1S(C)=O. The van der Waals surface area contributed by atoms with Gasteiger partial charge in [0, 0.05) is 22.3 Å². The van der Waals surface area contributed by atoms with E-state index in [2.05, 4.69) is 12.1 Å². The van der Waals surface area contributed by atoms with Gasteiger partial charge in [-0.1, -0.05) is 48.5 Å². The van der Waals surface area contributed by atoms with E-state index in [1.54, 1.807) is 13.4 Å². The largest absolute Gasteiger partial charge is 0.496 e. The molecule has 0 amide bonds. The van der Waals surface area contributed by atoms with Crippen molar-refractivity contribution in [2.45, 2.75) is 4.90 Å². The van der Waals surface area contributed by atoms with Gasteiger partial charge in [0.15, 0.2) is 0 Å². The van der Waals surface area contributed by atoms with Crippen LogP contribution in [0, 0.1) is 0 Å². The van der Waals surface area contributed by atoms with Crippen LogP contribution in [0.5, 0.6) is 5.75 Å². The van der Waals surface area contributed by atoms with E-state index in [9.17, 15) is 4.21 Å². The zero-order chi connectivity index (χ0) is 14.8. The van der Waals surface area contributed by atoms with Gasteiger partial charge < -0.3 is 4.74 Å². The minimum Gasteiger partial charge on any atom is -0.496 e. The standard InChI is InChI=1S/C18H16O2S/c1-20-16-12-11-13-7-3-4-8-14(13)18(16)15-9-5-6-10-17(15)21(2)19/h3-12H,1-2H3. The maximum absolute atomic E-state index is 12.0.